The van der Waals surface area contributed by atoms with Gasteiger partial charge in [0.05, 0.1) is 25.5 Å². The zero-order chi connectivity index (χ0) is 20.2. The molecule has 2 N–H and O–H groups in total. The van der Waals surface area contributed by atoms with E-state index in [1.165, 1.54) is 25.6 Å². The number of aromatic nitrogens is 1. The molecular weight excluding hydrogens is 357 g/mol. The summed E-state index contributed by atoms with van der Waals surface area (Å²) in [6.45, 7) is 5.81. The average molecular weight is 382 g/mol. The Morgan fingerprint density at radius 3 is 2.44 bits per heavy atom. The van der Waals surface area contributed by atoms with Crippen LogP contribution >= 0.6 is 0 Å². The molecule has 148 valence electrons. The van der Waals surface area contributed by atoms with Gasteiger partial charge in [-0.2, -0.15) is 13.2 Å². The molecule has 0 aliphatic heterocycles. The molecule has 0 spiro atoms. The zero-order valence-corrected chi connectivity index (χ0v) is 15.9. The van der Waals surface area contributed by atoms with Crippen LogP contribution in [0.25, 0.3) is 11.1 Å². The molecule has 0 saturated heterocycles. The van der Waals surface area contributed by atoms with Crippen molar-refractivity contribution >= 4 is 0 Å². The summed E-state index contributed by atoms with van der Waals surface area (Å²) in [4.78, 5) is 3.93. The first-order valence-electron chi connectivity index (χ1n) is 8.62. The summed E-state index contributed by atoms with van der Waals surface area (Å²) < 4.78 is 51.4. The molecule has 0 bridgehead atoms. The van der Waals surface area contributed by atoms with Crippen molar-refractivity contribution in [3.63, 3.8) is 0 Å². The number of pyridine rings is 1. The summed E-state index contributed by atoms with van der Waals surface area (Å²) in [6.07, 6.45) is -0.933. The number of hydrogen-bond acceptors (Lipinski definition) is 4. The quantitative estimate of drug-likeness (QED) is 0.739. The predicted molar refractivity (Wildman–Crippen MR) is 98.8 cm³/mol. The topological polar surface area (TPSA) is 57.4 Å². The summed E-state index contributed by atoms with van der Waals surface area (Å²) in [5, 5.41) is 0. The first-order chi connectivity index (χ1) is 12.5. The predicted octanol–water partition coefficient (Wildman–Crippen LogP) is 4.92. The summed E-state index contributed by atoms with van der Waals surface area (Å²) >= 11 is 0. The number of halogens is 3. The third-order valence-electron chi connectivity index (χ3n) is 4.00. The van der Waals surface area contributed by atoms with Gasteiger partial charge in [-0.3, -0.25) is 4.98 Å². The van der Waals surface area contributed by atoms with Crippen molar-refractivity contribution in [3.8, 4) is 22.6 Å². The fraction of sp³-hybridized carbons (Fsp3) is 0.450. The lowest BCUT2D eigenvalue weighted by molar-refractivity contribution is -0.139. The van der Waals surface area contributed by atoms with Gasteiger partial charge in [0.25, 0.3) is 0 Å². The summed E-state index contributed by atoms with van der Waals surface area (Å²) in [6, 6.07) is 5.61. The molecule has 1 atom stereocenters. The van der Waals surface area contributed by atoms with Crippen LogP contribution < -0.4 is 15.2 Å². The normalized spacial score (nSPS) is 13.3. The lowest BCUT2D eigenvalue weighted by Gasteiger charge is -2.24. The van der Waals surface area contributed by atoms with Crippen LogP contribution in [-0.4, -0.2) is 24.2 Å². The molecule has 7 heteroatoms. The molecule has 0 saturated carbocycles. The first kappa shape index (κ1) is 21.0. The Labute approximate surface area is 157 Å². The van der Waals surface area contributed by atoms with Crippen molar-refractivity contribution in [2.75, 3.05) is 13.7 Å². The third-order valence-corrected chi connectivity index (χ3v) is 4.00. The molecule has 27 heavy (non-hydrogen) atoms. The minimum Gasteiger partial charge on any atom is -0.494 e. The van der Waals surface area contributed by atoms with Gasteiger partial charge in [0, 0.05) is 17.3 Å². The maximum Gasteiger partial charge on any atom is 0.419 e. The van der Waals surface area contributed by atoms with Crippen LogP contribution in [0.15, 0.2) is 36.7 Å². The second kappa shape index (κ2) is 8.17. The number of ether oxygens (including phenoxy) is 2. The molecule has 0 aliphatic rings. The summed E-state index contributed by atoms with van der Waals surface area (Å²) in [5.41, 5.74) is 5.65. The van der Waals surface area contributed by atoms with E-state index in [1.807, 2.05) is 20.8 Å². The molecule has 0 fully saturated rings. The average Bonchev–Trinajstić information content (AvgIpc) is 2.57. The molecule has 1 aromatic heterocycles. The van der Waals surface area contributed by atoms with Gasteiger partial charge in [-0.15, -0.1) is 0 Å². The number of nitrogens with zero attached hydrogens (tertiary/aromatic N) is 1. The number of rotatable bonds is 7. The van der Waals surface area contributed by atoms with E-state index in [2.05, 4.69) is 4.98 Å². The summed E-state index contributed by atoms with van der Waals surface area (Å²) in [7, 11) is 1.45. The van der Waals surface area contributed by atoms with E-state index < -0.39 is 17.3 Å². The highest BCUT2D eigenvalue weighted by molar-refractivity contribution is 5.71. The Balaban J connectivity index is 2.31. The van der Waals surface area contributed by atoms with Crippen LogP contribution in [0.1, 0.15) is 32.8 Å². The van der Waals surface area contributed by atoms with Crippen molar-refractivity contribution < 1.29 is 22.6 Å². The van der Waals surface area contributed by atoms with Crippen molar-refractivity contribution in [2.24, 2.45) is 11.7 Å². The minimum atomic E-state index is -4.54. The van der Waals surface area contributed by atoms with Gasteiger partial charge in [-0.1, -0.05) is 13.0 Å². The molecule has 1 heterocycles. The van der Waals surface area contributed by atoms with Crippen LogP contribution in [-0.2, 0) is 6.18 Å². The van der Waals surface area contributed by atoms with Gasteiger partial charge in [-0.05, 0) is 49.9 Å². The smallest absolute Gasteiger partial charge is 0.419 e. The molecular formula is C20H25F3N2O2. The van der Waals surface area contributed by atoms with E-state index in [0.717, 1.165) is 6.07 Å². The number of benzene rings is 1. The van der Waals surface area contributed by atoms with E-state index in [0.29, 0.717) is 23.3 Å². The van der Waals surface area contributed by atoms with Crippen LogP contribution in [0.5, 0.6) is 11.5 Å². The van der Waals surface area contributed by atoms with Crippen molar-refractivity contribution in [2.45, 2.75) is 38.9 Å². The standard InChI is InChI=1S/C20H25F3N2O2/c1-13(10-19(2,3)24)12-27-17-6-5-14(9-16(17)20(21,22)23)15-7-8-25-11-18(15)26-4/h5-9,11,13H,10,12,24H2,1-4H3. The van der Waals surface area contributed by atoms with Crippen molar-refractivity contribution in [1.82, 2.24) is 4.98 Å². The van der Waals surface area contributed by atoms with Gasteiger partial charge in [0.15, 0.2) is 0 Å². The molecule has 1 aromatic carbocycles. The second-order valence-electron chi connectivity index (χ2n) is 7.39. The van der Waals surface area contributed by atoms with Gasteiger partial charge >= 0.3 is 6.18 Å². The van der Waals surface area contributed by atoms with Gasteiger partial charge < -0.3 is 15.2 Å². The highest BCUT2D eigenvalue weighted by Gasteiger charge is 2.35. The van der Waals surface area contributed by atoms with E-state index in [4.69, 9.17) is 15.2 Å². The lowest BCUT2D eigenvalue weighted by atomic mass is 9.93. The zero-order valence-electron chi connectivity index (χ0n) is 15.9. The Morgan fingerprint density at radius 1 is 1.15 bits per heavy atom. The number of nitrogens with two attached hydrogens (primary N) is 1. The molecule has 2 aromatic rings. The van der Waals surface area contributed by atoms with Gasteiger partial charge in [0.1, 0.15) is 11.5 Å². The van der Waals surface area contributed by atoms with Crippen molar-refractivity contribution in [3.05, 3.63) is 42.2 Å². The molecule has 0 aliphatic carbocycles. The highest BCUT2D eigenvalue weighted by Crippen LogP contribution is 2.40. The highest BCUT2D eigenvalue weighted by atomic mass is 19.4. The fourth-order valence-corrected chi connectivity index (χ4v) is 3.02. The Hall–Kier alpha value is -2.28. The summed E-state index contributed by atoms with van der Waals surface area (Å²) in [5.74, 6) is 0.227. The third kappa shape index (κ3) is 5.85. The maximum absolute atomic E-state index is 13.6. The number of methoxy groups -OCH3 is 1. The van der Waals surface area contributed by atoms with Crippen LogP contribution in [0.3, 0.4) is 0 Å². The van der Waals surface area contributed by atoms with Crippen LogP contribution in [0.4, 0.5) is 13.2 Å². The Bertz CT molecular complexity index is 771. The van der Waals surface area contributed by atoms with Crippen molar-refractivity contribution in [1.29, 1.82) is 0 Å². The Morgan fingerprint density at radius 2 is 1.85 bits per heavy atom. The largest absolute Gasteiger partial charge is 0.494 e. The van der Waals surface area contributed by atoms with E-state index in [-0.39, 0.29) is 18.3 Å². The monoisotopic (exact) mass is 382 g/mol. The minimum absolute atomic E-state index is 0.0195. The SMILES string of the molecule is COc1cnccc1-c1ccc(OCC(C)CC(C)(C)N)c(C(F)(F)F)c1. The Kier molecular flexibility index (Phi) is 6.36. The first-order valence-corrected chi connectivity index (χ1v) is 8.62. The molecule has 4 nitrogen and oxygen atoms in total. The number of alkyl halides is 3. The van der Waals surface area contributed by atoms with E-state index in [1.54, 1.807) is 12.1 Å². The lowest BCUT2D eigenvalue weighted by Crippen LogP contribution is -2.35. The molecule has 0 amide bonds. The van der Waals surface area contributed by atoms with E-state index in [9.17, 15) is 13.2 Å². The maximum atomic E-state index is 13.6. The fourth-order valence-electron chi connectivity index (χ4n) is 3.02. The van der Waals surface area contributed by atoms with Gasteiger partial charge in [-0.25, -0.2) is 0 Å². The molecule has 2 rings (SSSR count). The number of hydrogen-bond donors (Lipinski definition) is 1. The molecule has 0 radical (unpaired) electrons. The van der Waals surface area contributed by atoms with Crippen LogP contribution in [0, 0.1) is 5.92 Å². The second-order valence-corrected chi connectivity index (χ2v) is 7.39. The van der Waals surface area contributed by atoms with E-state index >= 15 is 0 Å². The van der Waals surface area contributed by atoms with Crippen LogP contribution in [0.2, 0.25) is 0 Å². The van der Waals surface area contributed by atoms with Gasteiger partial charge in [0.2, 0.25) is 0 Å². The molecule has 1 unspecified atom stereocenters.